The van der Waals surface area contributed by atoms with E-state index < -0.39 is 6.04 Å². The summed E-state index contributed by atoms with van der Waals surface area (Å²) in [4.78, 5) is 39.1. The maximum atomic E-state index is 12.8. The van der Waals surface area contributed by atoms with Crippen molar-refractivity contribution in [2.75, 3.05) is 13.1 Å². The van der Waals surface area contributed by atoms with Gasteiger partial charge in [0, 0.05) is 31.0 Å². The maximum Gasteiger partial charge on any atom is 0.270 e. The minimum Gasteiger partial charge on any atom is -0.348 e. The lowest BCUT2D eigenvalue weighted by molar-refractivity contribution is -0.125. The monoisotopic (exact) mass is 352 g/mol. The third kappa shape index (κ3) is 2.77. The summed E-state index contributed by atoms with van der Waals surface area (Å²) in [6.45, 7) is 5.60. The van der Waals surface area contributed by atoms with E-state index in [9.17, 15) is 9.59 Å². The van der Waals surface area contributed by atoms with Crippen molar-refractivity contribution in [3.8, 4) is 11.4 Å². The summed E-state index contributed by atoms with van der Waals surface area (Å²) < 4.78 is 2.17. The zero-order chi connectivity index (χ0) is 18.3. The number of carbonyl (C=O) groups excluding carboxylic acids is 2. The van der Waals surface area contributed by atoms with Crippen LogP contribution in [0.4, 0.5) is 0 Å². The normalized spacial score (nSPS) is 19.6. The smallest absolute Gasteiger partial charge is 0.270 e. The van der Waals surface area contributed by atoms with E-state index in [1.807, 2.05) is 19.1 Å². The Balaban J connectivity index is 1.59. The van der Waals surface area contributed by atoms with Crippen LogP contribution in [0.25, 0.3) is 11.4 Å². The molecule has 1 N–H and O–H groups in total. The largest absolute Gasteiger partial charge is 0.348 e. The van der Waals surface area contributed by atoms with Gasteiger partial charge in [-0.3, -0.25) is 19.6 Å². The molecule has 0 saturated heterocycles. The number of carbonyl (C=O) groups is 2. The van der Waals surface area contributed by atoms with E-state index in [4.69, 9.17) is 4.98 Å². The van der Waals surface area contributed by atoms with Crippen LogP contribution >= 0.6 is 0 Å². The number of amides is 2. The third-order valence-electron chi connectivity index (χ3n) is 4.84. The molecule has 2 aliphatic rings. The van der Waals surface area contributed by atoms with Gasteiger partial charge in [0.2, 0.25) is 5.91 Å². The lowest BCUT2D eigenvalue weighted by Gasteiger charge is -2.30. The minimum atomic E-state index is -0.516. The van der Waals surface area contributed by atoms with Gasteiger partial charge < -0.3 is 14.8 Å². The standard InChI is InChI=1S/C18H20N6O2/c1-11-15-10-23(18(26)14-9-20-17(25)12(2)21-14)7-8-24(15)16(22-11)13-3-5-19-6-4-13/h3-6,12H,7-10H2,1-2H3,(H,20,25). The van der Waals surface area contributed by atoms with Gasteiger partial charge in [-0.2, -0.15) is 0 Å². The molecule has 2 aromatic rings. The number of rotatable bonds is 2. The Labute approximate surface area is 151 Å². The molecular weight excluding hydrogens is 332 g/mol. The van der Waals surface area contributed by atoms with Crippen LogP contribution in [0.15, 0.2) is 29.5 Å². The van der Waals surface area contributed by atoms with Crippen LogP contribution in [0.5, 0.6) is 0 Å². The van der Waals surface area contributed by atoms with Gasteiger partial charge in [-0.05, 0) is 26.0 Å². The fraction of sp³-hybridized carbons (Fsp3) is 0.389. The quantitative estimate of drug-likeness (QED) is 0.854. The van der Waals surface area contributed by atoms with Crippen LogP contribution in [-0.4, -0.2) is 56.1 Å². The van der Waals surface area contributed by atoms with Gasteiger partial charge in [-0.25, -0.2) is 4.98 Å². The van der Waals surface area contributed by atoms with E-state index in [1.54, 1.807) is 24.2 Å². The van der Waals surface area contributed by atoms with Crippen LogP contribution < -0.4 is 5.32 Å². The topological polar surface area (TPSA) is 92.5 Å². The summed E-state index contributed by atoms with van der Waals surface area (Å²) in [5.74, 6) is 0.646. The van der Waals surface area contributed by atoms with Crippen LogP contribution in [0, 0.1) is 6.92 Å². The molecular formula is C18H20N6O2. The second-order valence-electron chi connectivity index (χ2n) is 6.55. The molecule has 2 amide bonds. The van der Waals surface area contributed by atoms with Gasteiger partial charge in [0.05, 0.1) is 24.5 Å². The third-order valence-corrected chi connectivity index (χ3v) is 4.84. The number of hydrogen-bond acceptors (Lipinski definition) is 5. The first-order chi connectivity index (χ1) is 12.5. The molecule has 1 unspecified atom stereocenters. The highest BCUT2D eigenvalue weighted by molar-refractivity contribution is 6.40. The summed E-state index contributed by atoms with van der Waals surface area (Å²) >= 11 is 0. The second-order valence-corrected chi connectivity index (χ2v) is 6.55. The molecule has 2 aliphatic heterocycles. The zero-order valence-electron chi connectivity index (χ0n) is 14.8. The fourth-order valence-electron chi connectivity index (χ4n) is 3.39. The summed E-state index contributed by atoms with van der Waals surface area (Å²) in [5, 5.41) is 2.72. The average Bonchev–Trinajstić information content (AvgIpc) is 3.00. The highest BCUT2D eigenvalue weighted by Gasteiger charge is 2.30. The van der Waals surface area contributed by atoms with Crippen LogP contribution in [0.3, 0.4) is 0 Å². The highest BCUT2D eigenvalue weighted by atomic mass is 16.2. The molecule has 2 aromatic heterocycles. The predicted molar refractivity (Wildman–Crippen MR) is 95.5 cm³/mol. The number of nitrogens with zero attached hydrogens (tertiary/aromatic N) is 5. The van der Waals surface area contributed by atoms with Crippen molar-refractivity contribution in [2.24, 2.45) is 4.99 Å². The Morgan fingerprint density at radius 1 is 1.27 bits per heavy atom. The number of hydrogen-bond donors (Lipinski definition) is 1. The number of imidazole rings is 1. The van der Waals surface area contributed by atoms with Crippen molar-refractivity contribution in [1.29, 1.82) is 0 Å². The van der Waals surface area contributed by atoms with E-state index >= 15 is 0 Å². The van der Waals surface area contributed by atoms with E-state index in [2.05, 4.69) is 19.9 Å². The van der Waals surface area contributed by atoms with Crippen molar-refractivity contribution in [3.05, 3.63) is 35.9 Å². The molecule has 0 aliphatic carbocycles. The summed E-state index contributed by atoms with van der Waals surface area (Å²) in [7, 11) is 0. The van der Waals surface area contributed by atoms with E-state index in [0.29, 0.717) is 25.3 Å². The SMILES string of the molecule is Cc1nc(-c2ccncc2)n2c1CN(C(=O)C1=NC(C)C(=O)NC1)CC2. The van der Waals surface area contributed by atoms with Gasteiger partial charge in [0.1, 0.15) is 17.6 Å². The van der Waals surface area contributed by atoms with E-state index in [-0.39, 0.29) is 18.4 Å². The molecule has 1 atom stereocenters. The van der Waals surface area contributed by atoms with Crippen LogP contribution in [0.1, 0.15) is 18.3 Å². The van der Waals surface area contributed by atoms with Gasteiger partial charge in [-0.15, -0.1) is 0 Å². The number of nitrogens with one attached hydrogen (secondary N) is 1. The van der Waals surface area contributed by atoms with E-state index in [1.165, 1.54) is 0 Å². The molecule has 8 nitrogen and oxygen atoms in total. The average molecular weight is 352 g/mol. The molecule has 26 heavy (non-hydrogen) atoms. The van der Waals surface area contributed by atoms with Gasteiger partial charge in [0.15, 0.2) is 0 Å². The van der Waals surface area contributed by atoms with Crippen molar-refractivity contribution in [3.63, 3.8) is 0 Å². The molecule has 4 heterocycles. The molecule has 0 spiro atoms. The van der Waals surface area contributed by atoms with Crippen molar-refractivity contribution in [2.45, 2.75) is 33.0 Å². The molecule has 134 valence electrons. The van der Waals surface area contributed by atoms with Crippen molar-refractivity contribution >= 4 is 17.5 Å². The lowest BCUT2D eigenvalue weighted by atomic mass is 10.2. The molecule has 0 radical (unpaired) electrons. The Morgan fingerprint density at radius 2 is 2.04 bits per heavy atom. The van der Waals surface area contributed by atoms with Gasteiger partial charge in [0.25, 0.3) is 5.91 Å². The van der Waals surface area contributed by atoms with Gasteiger partial charge in [-0.1, -0.05) is 0 Å². The number of aliphatic imine (C=N–C) groups is 1. The first kappa shape index (κ1) is 16.4. The summed E-state index contributed by atoms with van der Waals surface area (Å²) in [6, 6.07) is 3.36. The first-order valence-electron chi connectivity index (χ1n) is 8.64. The number of aromatic nitrogens is 3. The predicted octanol–water partition coefficient (Wildman–Crippen LogP) is 0.555. The molecule has 4 rings (SSSR count). The Hall–Kier alpha value is -3.03. The number of fused-ring (bicyclic) bond motifs is 1. The fourth-order valence-corrected chi connectivity index (χ4v) is 3.39. The molecule has 0 aromatic carbocycles. The molecule has 0 bridgehead atoms. The van der Waals surface area contributed by atoms with Crippen molar-refractivity contribution < 1.29 is 9.59 Å². The summed E-state index contributed by atoms with van der Waals surface area (Å²) in [6.07, 6.45) is 3.50. The zero-order valence-corrected chi connectivity index (χ0v) is 14.8. The Bertz CT molecular complexity index is 902. The van der Waals surface area contributed by atoms with Crippen LogP contribution in [-0.2, 0) is 22.7 Å². The van der Waals surface area contributed by atoms with E-state index in [0.717, 1.165) is 22.8 Å². The van der Waals surface area contributed by atoms with Gasteiger partial charge >= 0.3 is 0 Å². The maximum absolute atomic E-state index is 12.8. The Morgan fingerprint density at radius 3 is 2.77 bits per heavy atom. The molecule has 0 fully saturated rings. The Kier molecular flexibility index (Phi) is 4.02. The molecule has 0 saturated carbocycles. The molecule has 8 heteroatoms. The number of aryl methyl sites for hydroxylation is 1. The number of pyridine rings is 1. The summed E-state index contributed by atoms with van der Waals surface area (Å²) in [5.41, 5.74) is 3.38. The second kappa shape index (κ2) is 6.36. The van der Waals surface area contributed by atoms with Crippen LogP contribution in [0.2, 0.25) is 0 Å². The minimum absolute atomic E-state index is 0.117. The first-order valence-corrected chi connectivity index (χ1v) is 8.64. The highest BCUT2D eigenvalue weighted by Crippen LogP contribution is 2.26. The van der Waals surface area contributed by atoms with Crippen molar-refractivity contribution in [1.82, 2.24) is 24.8 Å². The lowest BCUT2D eigenvalue weighted by Crippen LogP contribution is -2.49.